The van der Waals surface area contributed by atoms with E-state index in [9.17, 15) is 0 Å². The lowest BCUT2D eigenvalue weighted by Crippen LogP contribution is -2.46. The van der Waals surface area contributed by atoms with Gasteiger partial charge in [-0.1, -0.05) is 19.3 Å². The van der Waals surface area contributed by atoms with Gasteiger partial charge >= 0.3 is 0 Å². The number of nitrogens with one attached hydrogen (secondary N) is 1. The van der Waals surface area contributed by atoms with Gasteiger partial charge in [-0.15, -0.1) is 0 Å². The van der Waals surface area contributed by atoms with Crippen LogP contribution in [0.5, 0.6) is 0 Å². The molecule has 1 aromatic rings. The average molecular weight is 290 g/mol. The molecule has 2 unspecified atom stereocenters. The molecule has 0 bridgehead atoms. The summed E-state index contributed by atoms with van der Waals surface area (Å²) in [5.74, 6) is 7.13. The van der Waals surface area contributed by atoms with E-state index < -0.39 is 0 Å². The third kappa shape index (κ3) is 3.25. The van der Waals surface area contributed by atoms with Crippen LogP contribution >= 0.6 is 0 Å². The highest BCUT2D eigenvalue weighted by molar-refractivity contribution is 5.10. The Balaban J connectivity index is 1.77. The maximum absolute atomic E-state index is 6.19. The van der Waals surface area contributed by atoms with Gasteiger partial charge in [-0.25, -0.2) is 9.97 Å². The normalized spacial score (nSPS) is 26.7. The van der Waals surface area contributed by atoms with Gasteiger partial charge in [0.1, 0.15) is 5.82 Å². The number of ether oxygens (including phenoxy) is 1. The van der Waals surface area contributed by atoms with Gasteiger partial charge in [-0.3, -0.25) is 11.3 Å². The molecule has 2 heterocycles. The van der Waals surface area contributed by atoms with Gasteiger partial charge in [-0.05, 0) is 44.6 Å². The van der Waals surface area contributed by atoms with E-state index in [2.05, 4.69) is 15.4 Å². The number of hydrazine groups is 1. The van der Waals surface area contributed by atoms with Gasteiger partial charge in [0, 0.05) is 12.8 Å². The molecular weight excluding hydrogens is 264 g/mol. The molecule has 1 saturated carbocycles. The van der Waals surface area contributed by atoms with Gasteiger partial charge in [0.25, 0.3) is 0 Å². The molecule has 0 aromatic carbocycles. The third-order valence-corrected chi connectivity index (χ3v) is 5.06. The van der Waals surface area contributed by atoms with E-state index >= 15 is 0 Å². The fourth-order valence-corrected chi connectivity index (χ4v) is 4.01. The van der Waals surface area contributed by atoms with E-state index in [1.165, 1.54) is 32.1 Å². The first-order chi connectivity index (χ1) is 10.2. The first-order valence-electron chi connectivity index (χ1n) is 8.12. The van der Waals surface area contributed by atoms with E-state index in [0.29, 0.717) is 5.92 Å². The third-order valence-electron chi connectivity index (χ3n) is 5.06. The van der Waals surface area contributed by atoms with E-state index in [4.69, 9.17) is 10.6 Å². The minimum Gasteiger partial charge on any atom is -0.375 e. The second-order valence-electron chi connectivity index (χ2n) is 6.52. The van der Waals surface area contributed by atoms with Gasteiger partial charge < -0.3 is 4.74 Å². The van der Waals surface area contributed by atoms with Gasteiger partial charge in [-0.2, -0.15) is 0 Å². The standard InChI is InChI=1S/C16H26N4O/c1-12-18-9-5-14(19-12)15(20-17)13-6-10-21-16(11-13)7-3-2-4-8-16/h5,9,13,15,20H,2-4,6-8,10-11,17H2,1H3. The Morgan fingerprint density at radius 1 is 1.38 bits per heavy atom. The van der Waals surface area contributed by atoms with Crippen molar-refractivity contribution in [3.05, 3.63) is 23.8 Å². The van der Waals surface area contributed by atoms with E-state index in [-0.39, 0.29) is 11.6 Å². The minimum absolute atomic E-state index is 0.0920. The van der Waals surface area contributed by atoms with Crippen molar-refractivity contribution in [2.75, 3.05) is 6.61 Å². The van der Waals surface area contributed by atoms with Crippen molar-refractivity contribution >= 4 is 0 Å². The first kappa shape index (κ1) is 14.9. The van der Waals surface area contributed by atoms with E-state index in [1.54, 1.807) is 0 Å². The van der Waals surface area contributed by atoms with Crippen LogP contribution in [0.3, 0.4) is 0 Å². The smallest absolute Gasteiger partial charge is 0.125 e. The van der Waals surface area contributed by atoms with Crippen molar-refractivity contribution in [3.8, 4) is 0 Å². The predicted molar refractivity (Wildman–Crippen MR) is 81.3 cm³/mol. The average Bonchev–Trinajstić information content (AvgIpc) is 2.49. The fraction of sp³-hybridized carbons (Fsp3) is 0.750. The number of hydrogen-bond acceptors (Lipinski definition) is 5. The molecule has 5 nitrogen and oxygen atoms in total. The van der Waals surface area contributed by atoms with E-state index in [1.807, 2.05) is 19.2 Å². The topological polar surface area (TPSA) is 73.1 Å². The molecule has 1 saturated heterocycles. The lowest BCUT2D eigenvalue weighted by molar-refractivity contribution is -0.122. The van der Waals surface area contributed by atoms with E-state index in [0.717, 1.165) is 31.0 Å². The predicted octanol–water partition coefficient (Wildman–Crippen LogP) is 2.42. The van der Waals surface area contributed by atoms with Gasteiger partial charge in [0.05, 0.1) is 17.3 Å². The van der Waals surface area contributed by atoms with Crippen molar-refractivity contribution < 1.29 is 4.74 Å². The number of nitrogens with two attached hydrogens (primary N) is 1. The van der Waals surface area contributed by atoms with Crippen LogP contribution in [0.1, 0.15) is 62.5 Å². The monoisotopic (exact) mass is 290 g/mol. The molecule has 3 N–H and O–H groups in total. The molecule has 116 valence electrons. The highest BCUT2D eigenvalue weighted by Crippen LogP contribution is 2.43. The second kappa shape index (κ2) is 6.38. The van der Waals surface area contributed by atoms with Crippen LogP contribution in [0.2, 0.25) is 0 Å². The molecule has 0 radical (unpaired) electrons. The Bertz CT molecular complexity index is 468. The zero-order valence-electron chi connectivity index (χ0n) is 12.8. The van der Waals surface area contributed by atoms with Crippen molar-refractivity contribution in [1.82, 2.24) is 15.4 Å². The fourth-order valence-electron chi connectivity index (χ4n) is 4.01. The van der Waals surface area contributed by atoms with Crippen LogP contribution < -0.4 is 11.3 Å². The van der Waals surface area contributed by atoms with Crippen molar-refractivity contribution in [2.45, 2.75) is 63.5 Å². The Kier molecular flexibility index (Phi) is 4.52. The van der Waals surface area contributed by atoms with Crippen LogP contribution in [0, 0.1) is 12.8 Å². The summed E-state index contributed by atoms with van der Waals surface area (Å²) in [4.78, 5) is 8.74. The summed E-state index contributed by atoms with van der Waals surface area (Å²) < 4.78 is 6.19. The van der Waals surface area contributed by atoms with Crippen LogP contribution in [0.15, 0.2) is 12.3 Å². The number of nitrogens with zero attached hydrogens (tertiary/aromatic N) is 2. The summed E-state index contributed by atoms with van der Waals surface area (Å²) in [7, 11) is 0. The summed E-state index contributed by atoms with van der Waals surface area (Å²) >= 11 is 0. The molecule has 1 aliphatic heterocycles. The Labute approximate surface area is 126 Å². The van der Waals surface area contributed by atoms with Gasteiger partial charge in [0.15, 0.2) is 0 Å². The number of aryl methyl sites for hydroxylation is 1. The van der Waals surface area contributed by atoms with Crippen molar-refractivity contribution in [1.29, 1.82) is 0 Å². The molecule has 3 rings (SSSR count). The number of rotatable bonds is 3. The molecule has 2 aliphatic rings. The van der Waals surface area contributed by atoms with Crippen LogP contribution in [0.4, 0.5) is 0 Å². The SMILES string of the molecule is Cc1nccc(C(NN)C2CCOC3(CCCCC3)C2)n1. The van der Waals surface area contributed by atoms with Crippen LogP contribution in [-0.2, 0) is 4.74 Å². The molecule has 1 aromatic heterocycles. The molecular formula is C16H26N4O. The van der Waals surface area contributed by atoms with Crippen molar-refractivity contribution in [2.24, 2.45) is 11.8 Å². The van der Waals surface area contributed by atoms with Crippen LogP contribution in [-0.4, -0.2) is 22.2 Å². The lowest BCUT2D eigenvalue weighted by atomic mass is 9.73. The minimum atomic E-state index is 0.0920. The van der Waals surface area contributed by atoms with Crippen molar-refractivity contribution in [3.63, 3.8) is 0 Å². The quantitative estimate of drug-likeness (QED) is 0.660. The second-order valence-corrected chi connectivity index (χ2v) is 6.52. The first-order valence-corrected chi connectivity index (χ1v) is 8.12. The Morgan fingerprint density at radius 2 is 2.19 bits per heavy atom. The summed E-state index contributed by atoms with van der Waals surface area (Å²) in [5, 5.41) is 0. The molecule has 1 spiro atoms. The number of hydrogen-bond donors (Lipinski definition) is 2. The molecule has 1 aliphatic carbocycles. The molecule has 0 amide bonds. The zero-order valence-corrected chi connectivity index (χ0v) is 12.8. The Morgan fingerprint density at radius 3 is 2.90 bits per heavy atom. The maximum Gasteiger partial charge on any atom is 0.125 e. The summed E-state index contributed by atoms with van der Waals surface area (Å²) in [5.41, 5.74) is 4.09. The largest absolute Gasteiger partial charge is 0.375 e. The zero-order chi connectivity index (χ0) is 14.7. The summed E-state index contributed by atoms with van der Waals surface area (Å²) in [6.07, 6.45) is 10.3. The molecule has 21 heavy (non-hydrogen) atoms. The maximum atomic E-state index is 6.19. The highest BCUT2D eigenvalue weighted by Gasteiger charge is 2.41. The molecule has 2 atom stereocenters. The summed E-state index contributed by atoms with van der Waals surface area (Å²) in [6.45, 7) is 2.76. The number of aromatic nitrogens is 2. The van der Waals surface area contributed by atoms with Gasteiger partial charge in [0.2, 0.25) is 0 Å². The van der Waals surface area contributed by atoms with Crippen LogP contribution in [0.25, 0.3) is 0 Å². The lowest BCUT2D eigenvalue weighted by Gasteiger charge is -2.45. The molecule has 5 heteroatoms. The molecule has 2 fully saturated rings. The Hall–Kier alpha value is -1.04. The summed E-state index contributed by atoms with van der Waals surface area (Å²) in [6, 6.07) is 2.06. The highest BCUT2D eigenvalue weighted by atomic mass is 16.5.